The number of carboxylic acid groups (broad SMARTS) is 1. The van der Waals surface area contributed by atoms with Crippen molar-refractivity contribution in [1.29, 1.82) is 0 Å². The number of benzene rings is 2. The topological polar surface area (TPSA) is 52.6 Å². The Morgan fingerprint density at radius 3 is 2.36 bits per heavy atom. The number of carboxylic acids is 1. The van der Waals surface area contributed by atoms with Gasteiger partial charge >= 0.3 is 5.97 Å². The quantitative estimate of drug-likeness (QED) is 0.354. The Bertz CT molecular complexity index is 767. The first kappa shape index (κ1) is 22.2. The molecule has 0 aromatic heterocycles. The third kappa shape index (κ3) is 7.12. The van der Waals surface area contributed by atoms with Crippen molar-refractivity contribution in [1.82, 2.24) is 0 Å². The van der Waals surface area contributed by atoms with Crippen LogP contribution in [0.5, 0.6) is 0 Å². The molecule has 0 saturated heterocycles. The van der Waals surface area contributed by atoms with E-state index < -0.39 is 5.97 Å². The van der Waals surface area contributed by atoms with Crippen molar-refractivity contribution in [2.24, 2.45) is 0 Å². The van der Waals surface area contributed by atoms with Crippen molar-refractivity contribution in [3.63, 3.8) is 0 Å². The van der Waals surface area contributed by atoms with Gasteiger partial charge in [-0.3, -0.25) is 4.79 Å². The van der Waals surface area contributed by atoms with Gasteiger partial charge in [0.25, 0.3) is 0 Å². The molecular weight excluding hydrogens is 368 g/mol. The largest absolute Gasteiger partial charge is 0.481 e. The number of aliphatic carboxylic acids is 1. The molecule has 2 aromatic carbocycles. The highest BCUT2D eigenvalue weighted by molar-refractivity contribution is 8.00. The molecule has 0 atom stereocenters. The monoisotopic (exact) mass is 400 g/mol. The lowest BCUT2D eigenvalue weighted by atomic mass is 10.1. The van der Waals surface area contributed by atoms with Crippen LogP contribution in [0, 0.1) is 13.8 Å². The second-order valence-corrected chi connectivity index (χ2v) is 8.39. The normalized spacial score (nSPS) is 10.7. The summed E-state index contributed by atoms with van der Waals surface area (Å²) in [7, 11) is 4.13. The van der Waals surface area contributed by atoms with Crippen molar-refractivity contribution in [3.05, 3.63) is 53.1 Å². The standard InChI is InChI=1S/C23H32N2O2S/c1-17-14-20(25(3)4)15-18(2)23(17)24-28-21-12-9-11-19(16-21)10-7-5-6-8-13-22(26)27/h9,11-12,14-16,24H,5-8,10,13H2,1-4H3,(H,26,27). The number of hydrogen-bond acceptors (Lipinski definition) is 4. The first-order chi connectivity index (χ1) is 13.4. The number of nitrogens with one attached hydrogen (secondary N) is 1. The van der Waals surface area contributed by atoms with E-state index >= 15 is 0 Å². The molecule has 0 aliphatic carbocycles. The van der Waals surface area contributed by atoms with Crippen molar-refractivity contribution < 1.29 is 9.90 Å². The zero-order valence-corrected chi connectivity index (χ0v) is 18.2. The van der Waals surface area contributed by atoms with Gasteiger partial charge in [-0.15, -0.1) is 0 Å². The molecule has 4 nitrogen and oxygen atoms in total. The van der Waals surface area contributed by atoms with Crippen LogP contribution in [0.1, 0.15) is 48.8 Å². The molecule has 152 valence electrons. The van der Waals surface area contributed by atoms with Gasteiger partial charge in [-0.1, -0.05) is 25.0 Å². The zero-order valence-electron chi connectivity index (χ0n) is 17.4. The number of anilines is 2. The van der Waals surface area contributed by atoms with Crippen LogP contribution in [-0.4, -0.2) is 25.2 Å². The number of hydrogen-bond donors (Lipinski definition) is 2. The Morgan fingerprint density at radius 2 is 1.71 bits per heavy atom. The fraction of sp³-hybridized carbons (Fsp3) is 0.435. The highest BCUT2D eigenvalue weighted by atomic mass is 32.2. The molecule has 0 aliphatic rings. The minimum absolute atomic E-state index is 0.284. The van der Waals surface area contributed by atoms with Crippen molar-refractivity contribution in [3.8, 4) is 0 Å². The van der Waals surface area contributed by atoms with Gasteiger partial charge in [0.05, 0.1) is 5.69 Å². The third-order valence-electron chi connectivity index (χ3n) is 4.81. The van der Waals surface area contributed by atoms with Gasteiger partial charge in [0, 0.05) is 31.1 Å². The Balaban J connectivity index is 1.87. The van der Waals surface area contributed by atoms with Crippen LogP contribution in [0.3, 0.4) is 0 Å². The maximum Gasteiger partial charge on any atom is 0.303 e. The van der Waals surface area contributed by atoms with Crippen LogP contribution in [0.2, 0.25) is 0 Å². The van der Waals surface area contributed by atoms with Gasteiger partial charge in [0.2, 0.25) is 0 Å². The van der Waals surface area contributed by atoms with Gasteiger partial charge in [0.1, 0.15) is 0 Å². The zero-order chi connectivity index (χ0) is 20.5. The maximum atomic E-state index is 10.5. The Kier molecular flexibility index (Phi) is 8.71. The summed E-state index contributed by atoms with van der Waals surface area (Å²) in [6.45, 7) is 4.29. The highest BCUT2D eigenvalue weighted by Crippen LogP contribution is 2.30. The van der Waals surface area contributed by atoms with Crippen LogP contribution in [-0.2, 0) is 11.2 Å². The summed E-state index contributed by atoms with van der Waals surface area (Å²) < 4.78 is 3.53. The maximum absolute atomic E-state index is 10.5. The lowest BCUT2D eigenvalue weighted by Crippen LogP contribution is -2.09. The Morgan fingerprint density at radius 1 is 1.04 bits per heavy atom. The van der Waals surface area contributed by atoms with E-state index in [-0.39, 0.29) is 6.42 Å². The lowest BCUT2D eigenvalue weighted by molar-refractivity contribution is -0.137. The fourth-order valence-electron chi connectivity index (χ4n) is 3.19. The predicted octanol–water partition coefficient (Wildman–Crippen LogP) is 6.07. The fourth-order valence-corrected chi connectivity index (χ4v) is 4.09. The van der Waals surface area contributed by atoms with E-state index in [0.717, 1.165) is 32.1 Å². The predicted molar refractivity (Wildman–Crippen MR) is 121 cm³/mol. The SMILES string of the molecule is Cc1cc(N(C)C)cc(C)c1NSc1cccc(CCCCCCC(=O)O)c1. The van der Waals surface area contributed by atoms with E-state index in [4.69, 9.17) is 5.11 Å². The molecule has 0 fully saturated rings. The van der Waals surface area contributed by atoms with Gasteiger partial charge in [-0.25, -0.2) is 0 Å². The molecule has 0 radical (unpaired) electrons. The molecule has 0 aliphatic heterocycles. The molecule has 0 saturated carbocycles. The van der Waals surface area contributed by atoms with Crippen LogP contribution in [0.4, 0.5) is 11.4 Å². The Hall–Kier alpha value is -2.14. The molecule has 2 rings (SSSR count). The van der Waals surface area contributed by atoms with Crippen LogP contribution in [0.15, 0.2) is 41.3 Å². The summed E-state index contributed by atoms with van der Waals surface area (Å²) in [5, 5.41) is 8.67. The van der Waals surface area contributed by atoms with Gasteiger partial charge in [-0.2, -0.15) is 0 Å². The molecule has 0 amide bonds. The van der Waals surface area contributed by atoms with Gasteiger partial charge in [-0.05, 0) is 86.0 Å². The number of aryl methyl sites for hydroxylation is 3. The average molecular weight is 401 g/mol. The summed E-state index contributed by atoms with van der Waals surface area (Å²) in [6.07, 6.45) is 5.28. The van der Waals surface area contributed by atoms with Crippen LogP contribution < -0.4 is 9.62 Å². The number of nitrogens with zero attached hydrogens (tertiary/aromatic N) is 1. The van der Waals surface area contributed by atoms with Crippen molar-refractivity contribution >= 4 is 29.3 Å². The minimum atomic E-state index is -0.695. The van der Waals surface area contributed by atoms with Crippen molar-refractivity contribution in [2.75, 3.05) is 23.7 Å². The molecule has 0 bridgehead atoms. The summed E-state index contributed by atoms with van der Waals surface area (Å²) >= 11 is 1.65. The van der Waals surface area contributed by atoms with Crippen molar-refractivity contribution in [2.45, 2.75) is 57.3 Å². The van der Waals surface area contributed by atoms with E-state index in [1.54, 1.807) is 11.9 Å². The molecule has 2 N–H and O–H groups in total. The minimum Gasteiger partial charge on any atom is -0.481 e. The smallest absolute Gasteiger partial charge is 0.303 e. The number of unbranched alkanes of at least 4 members (excludes halogenated alkanes) is 3. The number of carbonyl (C=O) groups is 1. The number of rotatable bonds is 11. The summed E-state index contributed by atoms with van der Waals surface area (Å²) in [4.78, 5) is 13.9. The van der Waals surface area contributed by atoms with Gasteiger partial charge in [0.15, 0.2) is 0 Å². The van der Waals surface area contributed by atoms with E-state index in [1.165, 1.54) is 33.0 Å². The molecule has 28 heavy (non-hydrogen) atoms. The molecular formula is C23H32N2O2S. The third-order valence-corrected chi connectivity index (χ3v) is 5.61. The molecule has 2 aromatic rings. The van der Waals surface area contributed by atoms with E-state index in [0.29, 0.717) is 0 Å². The van der Waals surface area contributed by atoms with Gasteiger partial charge < -0.3 is 14.7 Å². The van der Waals surface area contributed by atoms with E-state index in [2.05, 4.69) is 74.0 Å². The van der Waals surface area contributed by atoms with Crippen LogP contribution >= 0.6 is 11.9 Å². The second-order valence-electron chi connectivity index (χ2n) is 7.51. The molecule has 0 unspecified atom stereocenters. The average Bonchev–Trinajstić information content (AvgIpc) is 2.63. The molecule has 0 heterocycles. The first-order valence-electron chi connectivity index (χ1n) is 9.89. The van der Waals surface area contributed by atoms with Crippen LogP contribution in [0.25, 0.3) is 0 Å². The summed E-state index contributed by atoms with van der Waals surface area (Å²) in [5.74, 6) is -0.695. The molecule has 0 spiro atoms. The summed E-state index contributed by atoms with van der Waals surface area (Å²) in [6, 6.07) is 13.1. The molecule has 5 heteroatoms. The lowest BCUT2D eigenvalue weighted by Gasteiger charge is -2.18. The summed E-state index contributed by atoms with van der Waals surface area (Å²) in [5.41, 5.74) is 6.22. The Labute approximate surface area is 173 Å². The second kappa shape index (κ2) is 11.0. The van der Waals surface area contributed by atoms with E-state index in [9.17, 15) is 4.79 Å². The highest BCUT2D eigenvalue weighted by Gasteiger charge is 2.07. The first-order valence-corrected chi connectivity index (χ1v) is 10.7. The van der Waals surface area contributed by atoms with E-state index in [1.807, 2.05) is 0 Å².